The number of carbonyl (C=O) groups excluding carboxylic acids is 1. The molecule has 0 saturated carbocycles. The summed E-state index contributed by atoms with van der Waals surface area (Å²) >= 11 is 0. The van der Waals surface area contributed by atoms with Gasteiger partial charge in [-0.15, -0.1) is 5.11 Å². The molecule has 0 bridgehead atoms. The molecular formula is C15H16FN7O. The lowest BCUT2D eigenvalue weighted by atomic mass is 10.1. The lowest BCUT2D eigenvalue weighted by Gasteiger charge is -2.07. The molecule has 1 amide bonds. The summed E-state index contributed by atoms with van der Waals surface area (Å²) < 4.78 is 13.2. The molecule has 9 heteroatoms. The number of amidine groups is 1. The van der Waals surface area contributed by atoms with Crippen LogP contribution in [0.5, 0.6) is 0 Å². The molecule has 0 fully saturated rings. The normalized spacial score (nSPS) is 10.8. The first-order valence-corrected chi connectivity index (χ1v) is 6.99. The van der Waals surface area contributed by atoms with Gasteiger partial charge in [0, 0.05) is 6.54 Å². The van der Waals surface area contributed by atoms with Gasteiger partial charge in [-0.1, -0.05) is 17.4 Å². The van der Waals surface area contributed by atoms with Gasteiger partial charge in [0.25, 0.3) is 5.91 Å². The van der Waals surface area contributed by atoms with Crippen LogP contribution in [0.3, 0.4) is 0 Å². The largest absolute Gasteiger partial charge is 0.347 e. The van der Waals surface area contributed by atoms with Gasteiger partial charge in [0.1, 0.15) is 23.0 Å². The summed E-state index contributed by atoms with van der Waals surface area (Å²) in [5, 5.41) is 16.7. The fourth-order valence-electron chi connectivity index (χ4n) is 2.00. The number of hydrogen-bond acceptors (Lipinski definition) is 5. The fraction of sp³-hybridized carbons (Fsp3) is 0.200. The highest BCUT2D eigenvalue weighted by atomic mass is 19.1. The van der Waals surface area contributed by atoms with E-state index in [1.54, 1.807) is 26.0 Å². The minimum atomic E-state index is -0.443. The maximum atomic E-state index is 13.2. The standard InChI is InChI=1S/C15H16FN7O/c1-8-5-10(3-4-11(8)16)7-19-15(24)13-6-12(14(17)22-23-18)20-9(2)21-13/h3-6H,7H2,1-2H3,(H,19,24)(H3,17,18,22). The Balaban J connectivity index is 2.14. The van der Waals surface area contributed by atoms with E-state index < -0.39 is 5.91 Å². The van der Waals surface area contributed by atoms with Crippen molar-refractivity contribution in [3.63, 3.8) is 0 Å². The zero-order valence-corrected chi connectivity index (χ0v) is 13.2. The molecule has 0 radical (unpaired) electrons. The molecule has 1 aromatic heterocycles. The number of nitrogens with two attached hydrogens (primary N) is 1. The van der Waals surface area contributed by atoms with Crippen molar-refractivity contribution in [1.29, 1.82) is 5.41 Å². The summed E-state index contributed by atoms with van der Waals surface area (Å²) in [6.45, 7) is 3.47. The van der Waals surface area contributed by atoms with Gasteiger partial charge >= 0.3 is 0 Å². The summed E-state index contributed by atoms with van der Waals surface area (Å²) in [6.07, 6.45) is 0. The van der Waals surface area contributed by atoms with Crippen LogP contribution < -0.4 is 11.2 Å². The van der Waals surface area contributed by atoms with E-state index in [2.05, 4.69) is 25.6 Å². The number of rotatable bonds is 4. The molecule has 2 aromatic rings. The first kappa shape index (κ1) is 17.1. The minimum absolute atomic E-state index is 0.0910. The number of hydrogen-bond donors (Lipinski definition) is 3. The van der Waals surface area contributed by atoms with E-state index in [9.17, 15) is 9.18 Å². The highest BCUT2D eigenvalue weighted by molar-refractivity contribution is 5.98. The Labute approximate surface area is 137 Å². The molecule has 0 aliphatic heterocycles. The van der Waals surface area contributed by atoms with Crippen LogP contribution in [0, 0.1) is 25.1 Å². The first-order chi connectivity index (χ1) is 11.4. The van der Waals surface area contributed by atoms with E-state index in [1.807, 2.05) is 0 Å². The Hall–Kier alpha value is -3.23. The minimum Gasteiger partial charge on any atom is -0.347 e. The Morgan fingerprint density at radius 1 is 1.29 bits per heavy atom. The third-order valence-corrected chi connectivity index (χ3v) is 3.15. The zero-order chi connectivity index (χ0) is 17.7. The summed E-state index contributed by atoms with van der Waals surface area (Å²) in [7, 11) is 0. The van der Waals surface area contributed by atoms with Crippen LogP contribution in [0.4, 0.5) is 4.39 Å². The number of nitrogens with zero attached hydrogens (tertiary/aromatic N) is 4. The molecule has 0 saturated heterocycles. The van der Waals surface area contributed by atoms with Gasteiger partial charge in [-0.25, -0.2) is 14.4 Å². The molecule has 1 aromatic carbocycles. The van der Waals surface area contributed by atoms with E-state index in [0.717, 1.165) is 5.56 Å². The SMILES string of the molecule is Cc1nc(C(=N)N=NN)cc(C(=O)NCc2ccc(F)c(C)c2)n1. The number of carbonyl (C=O) groups is 1. The average Bonchev–Trinajstić information content (AvgIpc) is 2.55. The molecule has 124 valence electrons. The van der Waals surface area contributed by atoms with Crippen molar-refractivity contribution in [2.45, 2.75) is 20.4 Å². The number of halogens is 1. The van der Waals surface area contributed by atoms with Gasteiger partial charge in [-0.2, -0.15) is 0 Å². The van der Waals surface area contributed by atoms with Crippen molar-refractivity contribution in [2.24, 2.45) is 16.2 Å². The molecule has 1 heterocycles. The highest BCUT2D eigenvalue weighted by Gasteiger charge is 2.13. The molecule has 0 unspecified atom stereocenters. The summed E-state index contributed by atoms with van der Waals surface area (Å²) in [5.74, 6) is 4.21. The molecule has 24 heavy (non-hydrogen) atoms. The van der Waals surface area contributed by atoms with E-state index in [4.69, 9.17) is 11.3 Å². The van der Waals surface area contributed by atoms with E-state index in [1.165, 1.54) is 12.1 Å². The fourth-order valence-corrected chi connectivity index (χ4v) is 2.00. The quantitative estimate of drug-likeness (QED) is 0.260. The Morgan fingerprint density at radius 2 is 2.00 bits per heavy atom. The van der Waals surface area contributed by atoms with Crippen LogP contribution in [0.1, 0.15) is 33.1 Å². The predicted molar refractivity (Wildman–Crippen MR) is 84.9 cm³/mol. The molecule has 0 aliphatic carbocycles. The number of amides is 1. The highest BCUT2D eigenvalue weighted by Crippen LogP contribution is 2.09. The number of aryl methyl sites for hydroxylation is 2. The first-order valence-electron chi connectivity index (χ1n) is 6.99. The van der Waals surface area contributed by atoms with Crippen molar-refractivity contribution in [3.05, 3.63) is 58.4 Å². The third-order valence-electron chi connectivity index (χ3n) is 3.15. The molecule has 0 atom stereocenters. The summed E-state index contributed by atoms with van der Waals surface area (Å²) in [5.41, 5.74) is 1.49. The average molecular weight is 329 g/mol. The Bertz CT molecular complexity index is 819. The van der Waals surface area contributed by atoms with Crippen LogP contribution in [-0.4, -0.2) is 21.7 Å². The van der Waals surface area contributed by atoms with Crippen LogP contribution in [0.2, 0.25) is 0 Å². The lowest BCUT2D eigenvalue weighted by Crippen LogP contribution is -2.25. The zero-order valence-electron chi connectivity index (χ0n) is 13.2. The second-order valence-corrected chi connectivity index (χ2v) is 5.02. The number of aromatic nitrogens is 2. The Morgan fingerprint density at radius 3 is 2.67 bits per heavy atom. The summed E-state index contributed by atoms with van der Waals surface area (Å²) in [4.78, 5) is 20.3. The van der Waals surface area contributed by atoms with E-state index in [-0.39, 0.29) is 29.6 Å². The number of benzene rings is 1. The van der Waals surface area contributed by atoms with E-state index >= 15 is 0 Å². The summed E-state index contributed by atoms with van der Waals surface area (Å²) in [6, 6.07) is 5.93. The molecule has 2 rings (SSSR count). The smallest absolute Gasteiger partial charge is 0.270 e. The van der Waals surface area contributed by atoms with Crippen molar-refractivity contribution in [1.82, 2.24) is 15.3 Å². The van der Waals surface area contributed by atoms with Crippen LogP contribution >= 0.6 is 0 Å². The van der Waals surface area contributed by atoms with Gasteiger partial charge in [0.05, 0.1) is 0 Å². The topological polar surface area (TPSA) is 129 Å². The molecule has 4 N–H and O–H groups in total. The van der Waals surface area contributed by atoms with Crippen LogP contribution in [0.15, 0.2) is 34.6 Å². The number of nitrogens with one attached hydrogen (secondary N) is 2. The Kier molecular flexibility index (Phi) is 5.25. The molecular weight excluding hydrogens is 313 g/mol. The lowest BCUT2D eigenvalue weighted by molar-refractivity contribution is 0.0945. The molecule has 0 aliphatic rings. The second-order valence-electron chi connectivity index (χ2n) is 5.02. The van der Waals surface area contributed by atoms with Crippen LogP contribution in [0.25, 0.3) is 0 Å². The maximum Gasteiger partial charge on any atom is 0.270 e. The van der Waals surface area contributed by atoms with Crippen molar-refractivity contribution in [3.8, 4) is 0 Å². The molecule has 8 nitrogen and oxygen atoms in total. The van der Waals surface area contributed by atoms with Crippen LogP contribution in [-0.2, 0) is 6.54 Å². The van der Waals surface area contributed by atoms with Gasteiger partial charge in [0.2, 0.25) is 0 Å². The van der Waals surface area contributed by atoms with Crippen molar-refractivity contribution < 1.29 is 9.18 Å². The monoisotopic (exact) mass is 329 g/mol. The van der Waals surface area contributed by atoms with Gasteiger partial charge in [-0.3, -0.25) is 10.2 Å². The van der Waals surface area contributed by atoms with E-state index in [0.29, 0.717) is 11.4 Å². The van der Waals surface area contributed by atoms with Gasteiger partial charge < -0.3 is 11.2 Å². The molecule has 0 spiro atoms. The second kappa shape index (κ2) is 7.36. The maximum absolute atomic E-state index is 13.2. The predicted octanol–water partition coefficient (Wildman–Crippen LogP) is 1.81. The van der Waals surface area contributed by atoms with Crippen molar-refractivity contribution in [2.75, 3.05) is 0 Å². The van der Waals surface area contributed by atoms with Crippen molar-refractivity contribution >= 4 is 11.7 Å². The van der Waals surface area contributed by atoms with Gasteiger partial charge in [-0.05, 0) is 37.1 Å². The third kappa shape index (κ3) is 4.15. The van der Waals surface area contributed by atoms with Gasteiger partial charge in [0.15, 0.2) is 5.84 Å².